The number of aryl methyl sites for hydroxylation is 2. The van der Waals surface area contributed by atoms with Crippen molar-refractivity contribution in [3.8, 4) is 0 Å². The van der Waals surface area contributed by atoms with E-state index in [1.807, 2.05) is 6.92 Å². The van der Waals surface area contributed by atoms with Crippen LogP contribution in [0.4, 0.5) is 0 Å². The van der Waals surface area contributed by atoms with E-state index in [-0.39, 0.29) is 5.84 Å². The van der Waals surface area contributed by atoms with Crippen molar-refractivity contribution in [1.29, 1.82) is 5.41 Å². The topological polar surface area (TPSA) is 75.9 Å². The minimum Gasteiger partial charge on any atom is -0.384 e. The third-order valence-electron chi connectivity index (χ3n) is 1.54. The first-order chi connectivity index (χ1) is 5.16. The molecule has 0 spiro atoms. The van der Waals surface area contributed by atoms with Crippen molar-refractivity contribution >= 4 is 5.84 Å². The molecule has 1 rings (SSSR count). The second-order valence-corrected chi connectivity index (χ2v) is 2.33. The van der Waals surface area contributed by atoms with E-state index in [0.717, 1.165) is 12.1 Å². The van der Waals surface area contributed by atoms with Crippen LogP contribution in [0.1, 0.15) is 23.9 Å². The molecule has 0 saturated heterocycles. The SMILES string of the molecule is CCc1noc(C)c1C(=N)N. The molecule has 0 saturated carbocycles. The highest BCUT2D eigenvalue weighted by Gasteiger charge is 2.12. The molecule has 11 heavy (non-hydrogen) atoms. The summed E-state index contributed by atoms with van der Waals surface area (Å²) in [7, 11) is 0. The minimum absolute atomic E-state index is 0.0283. The van der Waals surface area contributed by atoms with Gasteiger partial charge in [0, 0.05) is 0 Å². The van der Waals surface area contributed by atoms with Gasteiger partial charge in [-0.25, -0.2) is 0 Å². The number of nitrogen functional groups attached to an aromatic ring is 1. The van der Waals surface area contributed by atoms with Crippen LogP contribution in [0.5, 0.6) is 0 Å². The first kappa shape index (κ1) is 7.78. The molecule has 3 N–H and O–H groups in total. The zero-order valence-electron chi connectivity index (χ0n) is 6.64. The van der Waals surface area contributed by atoms with Crippen LogP contribution < -0.4 is 5.73 Å². The second-order valence-electron chi connectivity index (χ2n) is 2.33. The van der Waals surface area contributed by atoms with Crippen LogP contribution in [-0.4, -0.2) is 11.0 Å². The Morgan fingerprint density at radius 1 is 1.73 bits per heavy atom. The van der Waals surface area contributed by atoms with Crippen molar-refractivity contribution in [1.82, 2.24) is 5.16 Å². The van der Waals surface area contributed by atoms with Gasteiger partial charge < -0.3 is 10.3 Å². The molecular weight excluding hydrogens is 142 g/mol. The fourth-order valence-corrected chi connectivity index (χ4v) is 1.00. The fraction of sp³-hybridized carbons (Fsp3) is 0.429. The fourth-order valence-electron chi connectivity index (χ4n) is 1.00. The lowest BCUT2D eigenvalue weighted by Crippen LogP contribution is -2.13. The molecule has 1 aromatic rings. The number of hydrogen-bond acceptors (Lipinski definition) is 3. The summed E-state index contributed by atoms with van der Waals surface area (Å²) in [5, 5.41) is 11.0. The number of nitrogens with one attached hydrogen (secondary N) is 1. The van der Waals surface area contributed by atoms with Gasteiger partial charge in [-0.3, -0.25) is 5.41 Å². The number of hydrogen-bond donors (Lipinski definition) is 2. The quantitative estimate of drug-likeness (QED) is 0.488. The molecule has 0 aliphatic heterocycles. The van der Waals surface area contributed by atoms with E-state index in [9.17, 15) is 0 Å². The van der Waals surface area contributed by atoms with Gasteiger partial charge in [-0.15, -0.1) is 0 Å². The second kappa shape index (κ2) is 2.74. The smallest absolute Gasteiger partial charge is 0.144 e. The molecule has 0 bridgehead atoms. The third kappa shape index (κ3) is 1.24. The predicted molar refractivity (Wildman–Crippen MR) is 41.6 cm³/mol. The average Bonchev–Trinajstić information content (AvgIpc) is 2.30. The molecule has 0 radical (unpaired) electrons. The highest BCUT2D eigenvalue weighted by atomic mass is 16.5. The van der Waals surface area contributed by atoms with Crippen LogP contribution in [0, 0.1) is 12.3 Å². The lowest BCUT2D eigenvalue weighted by molar-refractivity contribution is 0.391. The molecule has 0 aromatic carbocycles. The molecule has 4 heteroatoms. The van der Waals surface area contributed by atoms with Gasteiger partial charge in [0.15, 0.2) is 0 Å². The van der Waals surface area contributed by atoms with E-state index >= 15 is 0 Å². The van der Waals surface area contributed by atoms with Crippen molar-refractivity contribution < 1.29 is 4.52 Å². The minimum atomic E-state index is 0.0283. The molecule has 1 aromatic heterocycles. The summed E-state index contributed by atoms with van der Waals surface area (Å²) < 4.78 is 4.88. The van der Waals surface area contributed by atoms with Crippen LogP contribution in [0.3, 0.4) is 0 Å². The number of nitrogens with zero attached hydrogens (tertiary/aromatic N) is 1. The predicted octanol–water partition coefficient (Wildman–Crippen LogP) is 0.829. The lowest BCUT2D eigenvalue weighted by atomic mass is 10.1. The molecule has 0 aliphatic carbocycles. The van der Waals surface area contributed by atoms with Crippen molar-refractivity contribution in [2.24, 2.45) is 5.73 Å². The highest BCUT2D eigenvalue weighted by molar-refractivity contribution is 5.96. The normalized spacial score (nSPS) is 10.0. The van der Waals surface area contributed by atoms with E-state index in [1.54, 1.807) is 6.92 Å². The van der Waals surface area contributed by atoms with Crippen molar-refractivity contribution in [2.75, 3.05) is 0 Å². The summed E-state index contributed by atoms with van der Waals surface area (Å²) in [6.45, 7) is 3.70. The van der Waals surface area contributed by atoms with Gasteiger partial charge in [0.05, 0.1) is 11.3 Å². The molecule has 0 fully saturated rings. The Morgan fingerprint density at radius 2 is 2.36 bits per heavy atom. The maximum atomic E-state index is 7.21. The lowest BCUT2D eigenvalue weighted by Gasteiger charge is -1.94. The van der Waals surface area contributed by atoms with E-state index in [1.165, 1.54) is 0 Å². The summed E-state index contributed by atoms with van der Waals surface area (Å²) in [6, 6.07) is 0. The maximum Gasteiger partial charge on any atom is 0.144 e. The van der Waals surface area contributed by atoms with Crippen LogP contribution in [0.2, 0.25) is 0 Å². The van der Waals surface area contributed by atoms with Crippen LogP contribution in [0.25, 0.3) is 0 Å². The van der Waals surface area contributed by atoms with Crippen molar-refractivity contribution in [3.63, 3.8) is 0 Å². The third-order valence-corrected chi connectivity index (χ3v) is 1.54. The number of nitrogens with two attached hydrogens (primary N) is 1. The number of amidine groups is 1. The summed E-state index contributed by atoms with van der Waals surface area (Å²) in [5.41, 5.74) is 6.72. The largest absolute Gasteiger partial charge is 0.384 e. The molecule has 1 heterocycles. The zero-order chi connectivity index (χ0) is 8.43. The van der Waals surface area contributed by atoms with E-state index in [4.69, 9.17) is 15.7 Å². The van der Waals surface area contributed by atoms with Gasteiger partial charge in [0.1, 0.15) is 11.6 Å². The van der Waals surface area contributed by atoms with Gasteiger partial charge >= 0.3 is 0 Å². The van der Waals surface area contributed by atoms with Gasteiger partial charge in [0.2, 0.25) is 0 Å². The van der Waals surface area contributed by atoms with E-state index in [0.29, 0.717) is 11.3 Å². The summed E-state index contributed by atoms with van der Waals surface area (Å²) in [4.78, 5) is 0. The Bertz CT molecular complexity index is 277. The first-order valence-corrected chi connectivity index (χ1v) is 3.46. The first-order valence-electron chi connectivity index (χ1n) is 3.46. The summed E-state index contributed by atoms with van der Waals surface area (Å²) in [5.74, 6) is 0.648. The molecule has 60 valence electrons. The average molecular weight is 153 g/mol. The number of aromatic nitrogens is 1. The Hall–Kier alpha value is -1.32. The molecular formula is C7H11N3O. The Kier molecular flexibility index (Phi) is 1.94. The van der Waals surface area contributed by atoms with Crippen LogP contribution in [-0.2, 0) is 6.42 Å². The monoisotopic (exact) mass is 153 g/mol. The van der Waals surface area contributed by atoms with Crippen molar-refractivity contribution in [2.45, 2.75) is 20.3 Å². The van der Waals surface area contributed by atoms with E-state index in [2.05, 4.69) is 5.16 Å². The van der Waals surface area contributed by atoms with Gasteiger partial charge in [-0.05, 0) is 13.3 Å². The Labute approximate surface area is 64.9 Å². The van der Waals surface area contributed by atoms with Crippen LogP contribution >= 0.6 is 0 Å². The number of rotatable bonds is 2. The van der Waals surface area contributed by atoms with Gasteiger partial charge in [-0.2, -0.15) is 0 Å². The summed E-state index contributed by atoms with van der Waals surface area (Å²) in [6.07, 6.45) is 0.742. The zero-order valence-corrected chi connectivity index (χ0v) is 6.64. The van der Waals surface area contributed by atoms with Gasteiger partial charge in [-0.1, -0.05) is 12.1 Å². The Balaban J connectivity index is 3.17. The maximum absolute atomic E-state index is 7.21. The van der Waals surface area contributed by atoms with Crippen LogP contribution in [0.15, 0.2) is 4.52 Å². The molecule has 4 nitrogen and oxygen atoms in total. The molecule has 0 aliphatic rings. The molecule has 0 amide bonds. The van der Waals surface area contributed by atoms with Gasteiger partial charge in [0.25, 0.3) is 0 Å². The standard InChI is InChI=1S/C7H11N3O/c1-3-5-6(7(8)9)4(2)11-10-5/h3H2,1-2H3,(H3,8,9). The Morgan fingerprint density at radius 3 is 2.73 bits per heavy atom. The highest BCUT2D eigenvalue weighted by Crippen LogP contribution is 2.12. The summed E-state index contributed by atoms with van der Waals surface area (Å²) >= 11 is 0. The molecule has 0 unspecified atom stereocenters. The van der Waals surface area contributed by atoms with Crippen molar-refractivity contribution in [3.05, 3.63) is 17.0 Å². The van der Waals surface area contributed by atoms with E-state index < -0.39 is 0 Å². The molecule has 0 atom stereocenters.